The van der Waals surface area contributed by atoms with Crippen LogP contribution in [0.1, 0.15) is 5.56 Å². The van der Waals surface area contributed by atoms with Crippen molar-refractivity contribution in [1.29, 1.82) is 0 Å². The predicted molar refractivity (Wildman–Crippen MR) is 75.6 cm³/mol. The Morgan fingerprint density at radius 1 is 1.37 bits per heavy atom. The van der Waals surface area contributed by atoms with Crippen LogP contribution in [-0.4, -0.2) is 23.6 Å². The molecule has 1 heterocycles. The van der Waals surface area contributed by atoms with Crippen LogP contribution in [0.4, 0.5) is 0 Å². The maximum atomic E-state index is 12.4. The molecule has 2 aromatic rings. The highest BCUT2D eigenvalue weighted by atomic mass is 35.5. The van der Waals surface area contributed by atoms with E-state index in [1.807, 2.05) is 0 Å². The largest absolute Gasteiger partial charge is 0.339 e. The fourth-order valence-electron chi connectivity index (χ4n) is 1.60. The molecule has 0 aliphatic carbocycles. The van der Waals surface area contributed by atoms with Gasteiger partial charge in [-0.3, -0.25) is 0 Å². The Labute approximate surface area is 119 Å². The summed E-state index contributed by atoms with van der Waals surface area (Å²) in [5.41, 5.74) is -0.0544. The van der Waals surface area contributed by atoms with Gasteiger partial charge in [0.1, 0.15) is 4.90 Å². The first-order valence-corrected chi connectivity index (χ1v) is 8.28. The molecule has 8 heteroatoms. The number of H-pyrrole nitrogens is 1. The molecule has 0 spiro atoms. The predicted octanol–water partition coefficient (Wildman–Crippen LogP) is 2.10. The van der Waals surface area contributed by atoms with E-state index in [9.17, 15) is 13.2 Å². The van der Waals surface area contributed by atoms with Crippen LogP contribution in [0.15, 0.2) is 39.1 Å². The molecule has 1 N–H and O–H groups in total. The zero-order valence-corrected chi connectivity index (χ0v) is 12.6. The molecule has 0 aliphatic heterocycles. The quantitative estimate of drug-likeness (QED) is 0.880. The zero-order chi connectivity index (χ0) is 14.2. The van der Waals surface area contributed by atoms with Crippen LogP contribution in [0.25, 0.3) is 0 Å². The van der Waals surface area contributed by atoms with Crippen molar-refractivity contribution in [3.05, 3.63) is 45.6 Å². The number of rotatable bonds is 3. The third-order valence-corrected chi connectivity index (χ3v) is 5.61. The van der Waals surface area contributed by atoms with Gasteiger partial charge in [0, 0.05) is 22.3 Å². The van der Waals surface area contributed by atoms with Crippen LogP contribution in [0, 0.1) is 6.92 Å². The van der Waals surface area contributed by atoms with E-state index in [2.05, 4.69) is 4.98 Å². The van der Waals surface area contributed by atoms with E-state index in [4.69, 9.17) is 11.6 Å². The smallest absolute Gasteiger partial charge is 0.312 e. The van der Waals surface area contributed by atoms with E-state index in [-0.39, 0.29) is 4.90 Å². The summed E-state index contributed by atoms with van der Waals surface area (Å²) in [4.78, 5) is 14.4. The van der Waals surface area contributed by atoms with Gasteiger partial charge in [-0.15, -0.1) is 11.8 Å². The first-order valence-electron chi connectivity index (χ1n) is 5.23. The lowest BCUT2D eigenvalue weighted by molar-refractivity contribution is 0.583. The minimum Gasteiger partial charge on any atom is -0.312 e. The molecule has 0 unspecified atom stereocenters. The molecule has 0 saturated carbocycles. The van der Waals surface area contributed by atoms with Gasteiger partial charge in [-0.2, -0.15) is 3.97 Å². The first kappa shape index (κ1) is 14.2. The average molecular weight is 319 g/mol. The summed E-state index contributed by atoms with van der Waals surface area (Å²) in [6.45, 7) is 1.71. The van der Waals surface area contributed by atoms with E-state index in [0.29, 0.717) is 19.5 Å². The second-order valence-electron chi connectivity index (χ2n) is 3.82. The lowest BCUT2D eigenvalue weighted by Crippen LogP contribution is -2.25. The maximum absolute atomic E-state index is 12.4. The third-order valence-electron chi connectivity index (χ3n) is 2.60. The number of aromatic nitrogens is 2. The Morgan fingerprint density at radius 2 is 2.05 bits per heavy atom. The van der Waals surface area contributed by atoms with Crippen molar-refractivity contribution in [3.63, 3.8) is 0 Å². The van der Waals surface area contributed by atoms with E-state index >= 15 is 0 Å². The van der Waals surface area contributed by atoms with Crippen LogP contribution in [0.3, 0.4) is 0 Å². The molecular weight excluding hydrogens is 308 g/mol. The molecule has 19 heavy (non-hydrogen) atoms. The van der Waals surface area contributed by atoms with Gasteiger partial charge in [0.2, 0.25) is 0 Å². The molecule has 0 aliphatic rings. The molecule has 0 radical (unpaired) electrons. The number of imidazole rings is 1. The first-order chi connectivity index (χ1) is 8.87. The normalized spacial score (nSPS) is 11.7. The SMILES string of the molecule is CSc1cc(Cl)c(C)cc1S(=O)(=O)n1cc[nH]c1=O. The van der Waals surface area contributed by atoms with Crippen LogP contribution >= 0.6 is 23.4 Å². The van der Waals surface area contributed by atoms with Gasteiger partial charge in [0.25, 0.3) is 10.0 Å². The fraction of sp³-hybridized carbons (Fsp3) is 0.182. The molecule has 2 rings (SSSR count). The lowest BCUT2D eigenvalue weighted by atomic mass is 10.2. The van der Waals surface area contributed by atoms with Gasteiger partial charge in [0.15, 0.2) is 0 Å². The summed E-state index contributed by atoms with van der Waals surface area (Å²) in [5, 5.41) is 0.490. The van der Waals surface area contributed by atoms with Gasteiger partial charge in [-0.05, 0) is 30.9 Å². The minimum absolute atomic E-state index is 0.0728. The number of aromatic amines is 1. The van der Waals surface area contributed by atoms with Gasteiger partial charge in [0.05, 0.1) is 0 Å². The molecular formula is C11H11ClN2O3S2. The molecule has 0 amide bonds. The summed E-state index contributed by atoms with van der Waals surface area (Å²) < 4.78 is 25.6. The molecule has 5 nitrogen and oxygen atoms in total. The number of nitrogens with zero attached hydrogens (tertiary/aromatic N) is 1. The summed E-state index contributed by atoms with van der Waals surface area (Å²) in [6, 6.07) is 3.06. The number of hydrogen-bond acceptors (Lipinski definition) is 4. The Hall–Kier alpha value is -1.18. The van der Waals surface area contributed by atoms with Crippen molar-refractivity contribution in [2.75, 3.05) is 6.26 Å². The van der Waals surface area contributed by atoms with E-state index in [1.54, 1.807) is 19.2 Å². The molecule has 1 aromatic heterocycles. The zero-order valence-electron chi connectivity index (χ0n) is 10.2. The Bertz CT molecular complexity index is 777. The van der Waals surface area contributed by atoms with E-state index in [1.165, 1.54) is 30.2 Å². The highest BCUT2D eigenvalue weighted by molar-refractivity contribution is 7.99. The third kappa shape index (κ3) is 2.45. The van der Waals surface area contributed by atoms with Crippen molar-refractivity contribution in [3.8, 4) is 0 Å². The number of nitrogens with one attached hydrogen (secondary N) is 1. The van der Waals surface area contributed by atoms with Crippen LogP contribution in [0.2, 0.25) is 5.02 Å². The van der Waals surface area contributed by atoms with Crippen molar-refractivity contribution in [1.82, 2.24) is 8.96 Å². The lowest BCUT2D eigenvalue weighted by Gasteiger charge is -2.11. The topological polar surface area (TPSA) is 71.9 Å². The highest BCUT2D eigenvalue weighted by Crippen LogP contribution is 2.31. The molecule has 0 bridgehead atoms. The highest BCUT2D eigenvalue weighted by Gasteiger charge is 2.23. The van der Waals surface area contributed by atoms with Crippen molar-refractivity contribution >= 4 is 33.4 Å². The number of benzene rings is 1. The maximum Gasteiger partial charge on any atom is 0.339 e. The minimum atomic E-state index is -3.91. The molecule has 102 valence electrons. The van der Waals surface area contributed by atoms with E-state index < -0.39 is 15.7 Å². The second kappa shape index (κ2) is 5.07. The summed E-state index contributed by atoms with van der Waals surface area (Å²) >= 11 is 7.25. The molecule has 0 fully saturated rings. The average Bonchev–Trinajstić information content (AvgIpc) is 2.79. The van der Waals surface area contributed by atoms with Crippen molar-refractivity contribution < 1.29 is 8.42 Å². The Morgan fingerprint density at radius 3 is 2.58 bits per heavy atom. The van der Waals surface area contributed by atoms with Crippen LogP contribution in [0.5, 0.6) is 0 Å². The van der Waals surface area contributed by atoms with Gasteiger partial charge >= 0.3 is 5.69 Å². The van der Waals surface area contributed by atoms with Crippen molar-refractivity contribution in [2.24, 2.45) is 0 Å². The second-order valence-corrected chi connectivity index (χ2v) is 6.86. The van der Waals surface area contributed by atoms with Gasteiger partial charge in [-0.1, -0.05) is 11.6 Å². The van der Waals surface area contributed by atoms with Gasteiger partial charge in [-0.25, -0.2) is 13.2 Å². The number of thioether (sulfide) groups is 1. The number of aryl methyl sites for hydroxylation is 1. The van der Waals surface area contributed by atoms with Gasteiger partial charge < -0.3 is 4.98 Å². The summed E-state index contributed by atoms with van der Waals surface area (Å²) in [5.74, 6) is 0. The summed E-state index contributed by atoms with van der Waals surface area (Å²) in [7, 11) is -3.91. The number of hydrogen-bond donors (Lipinski definition) is 1. The monoisotopic (exact) mass is 318 g/mol. The number of halogens is 1. The molecule has 0 atom stereocenters. The van der Waals surface area contributed by atoms with E-state index in [0.717, 1.165) is 0 Å². The Kier molecular flexibility index (Phi) is 3.80. The standard InChI is InChI=1S/C11H11ClN2O3S2/c1-7-5-10(9(18-2)6-8(7)12)19(16,17)14-4-3-13-11(14)15/h3-6H,1-2H3,(H,13,15). The van der Waals surface area contributed by atoms with Crippen LogP contribution in [-0.2, 0) is 10.0 Å². The molecule has 1 aromatic carbocycles. The van der Waals surface area contributed by atoms with Crippen LogP contribution < -0.4 is 5.69 Å². The Balaban J connectivity index is 2.75. The fourth-order valence-corrected chi connectivity index (χ4v) is 4.23. The van der Waals surface area contributed by atoms with Crippen molar-refractivity contribution in [2.45, 2.75) is 16.7 Å². The summed E-state index contributed by atoms with van der Waals surface area (Å²) in [6.07, 6.45) is 4.22. The molecule has 0 saturated heterocycles.